The van der Waals surface area contributed by atoms with Gasteiger partial charge < -0.3 is 15.0 Å². The van der Waals surface area contributed by atoms with E-state index in [1.54, 1.807) is 25.1 Å². The Kier molecular flexibility index (Phi) is 10.4. The van der Waals surface area contributed by atoms with Gasteiger partial charge in [0.05, 0.1) is 17.7 Å². The van der Waals surface area contributed by atoms with E-state index in [0.717, 1.165) is 15.4 Å². The van der Waals surface area contributed by atoms with Crippen molar-refractivity contribution in [2.24, 2.45) is 0 Å². The molecule has 0 bridgehead atoms. The number of sulfonamides is 1. The number of hydrogen-bond donors (Lipinski definition) is 1. The molecule has 39 heavy (non-hydrogen) atoms. The van der Waals surface area contributed by atoms with Crippen molar-refractivity contribution >= 4 is 39.1 Å². The van der Waals surface area contributed by atoms with Crippen LogP contribution >= 0.6 is 11.6 Å². The molecule has 1 N–H and O–H groups in total. The molecule has 0 fully saturated rings. The highest BCUT2D eigenvalue weighted by Gasteiger charge is 2.33. The third kappa shape index (κ3) is 7.52. The monoisotopic (exact) mass is 571 g/mol. The van der Waals surface area contributed by atoms with E-state index in [9.17, 15) is 18.0 Å². The Labute approximate surface area is 235 Å². The molecule has 0 aromatic heterocycles. The summed E-state index contributed by atoms with van der Waals surface area (Å²) >= 11 is 6.21. The van der Waals surface area contributed by atoms with Crippen molar-refractivity contribution in [2.75, 3.05) is 24.5 Å². The first kappa shape index (κ1) is 30.0. The van der Waals surface area contributed by atoms with E-state index in [-0.39, 0.29) is 23.0 Å². The van der Waals surface area contributed by atoms with Crippen molar-refractivity contribution in [3.63, 3.8) is 0 Å². The quantitative estimate of drug-likeness (QED) is 0.337. The highest BCUT2D eigenvalue weighted by Crippen LogP contribution is 2.28. The number of aryl methyl sites for hydroxylation is 1. The first-order valence-corrected chi connectivity index (χ1v) is 14.5. The predicted molar refractivity (Wildman–Crippen MR) is 153 cm³/mol. The van der Waals surface area contributed by atoms with Gasteiger partial charge in [-0.3, -0.25) is 13.9 Å². The lowest BCUT2D eigenvalue weighted by Crippen LogP contribution is -2.52. The Morgan fingerprint density at radius 3 is 2.28 bits per heavy atom. The van der Waals surface area contributed by atoms with E-state index in [1.165, 1.54) is 42.3 Å². The second-order valence-corrected chi connectivity index (χ2v) is 11.3. The van der Waals surface area contributed by atoms with Crippen LogP contribution in [0.1, 0.15) is 31.4 Å². The zero-order chi connectivity index (χ0) is 28.6. The summed E-state index contributed by atoms with van der Waals surface area (Å²) in [6.45, 7) is 5.58. The maximum absolute atomic E-state index is 14.0. The van der Waals surface area contributed by atoms with E-state index >= 15 is 0 Å². The topological polar surface area (TPSA) is 96.0 Å². The van der Waals surface area contributed by atoms with Crippen molar-refractivity contribution in [1.82, 2.24) is 10.2 Å². The van der Waals surface area contributed by atoms with Gasteiger partial charge in [0.1, 0.15) is 18.3 Å². The van der Waals surface area contributed by atoms with E-state index in [1.807, 2.05) is 38.1 Å². The SMILES string of the molecule is CCNC(=O)[C@@H](CC)N(Cc1cccc(C)c1)C(=O)CN(c1cccc(Cl)c1)S(=O)(=O)c1ccc(OC)cc1. The molecule has 0 spiro atoms. The van der Waals surface area contributed by atoms with Crippen molar-refractivity contribution in [2.45, 2.75) is 44.7 Å². The number of rotatable bonds is 12. The summed E-state index contributed by atoms with van der Waals surface area (Å²) in [5.41, 5.74) is 2.07. The fourth-order valence-electron chi connectivity index (χ4n) is 4.25. The highest BCUT2D eigenvalue weighted by molar-refractivity contribution is 7.92. The molecule has 0 aliphatic rings. The van der Waals surface area contributed by atoms with Gasteiger partial charge in [-0.2, -0.15) is 0 Å². The lowest BCUT2D eigenvalue weighted by Gasteiger charge is -2.33. The molecule has 3 aromatic carbocycles. The Hall–Kier alpha value is -3.56. The molecule has 0 saturated heterocycles. The molecule has 10 heteroatoms. The number of amides is 2. The fourth-order valence-corrected chi connectivity index (χ4v) is 5.84. The van der Waals surface area contributed by atoms with Crippen LogP contribution in [0.25, 0.3) is 0 Å². The van der Waals surface area contributed by atoms with Crippen LogP contribution in [-0.2, 0) is 26.2 Å². The van der Waals surface area contributed by atoms with Gasteiger partial charge in [-0.1, -0.05) is 54.4 Å². The van der Waals surface area contributed by atoms with Gasteiger partial charge in [0.15, 0.2) is 0 Å². The number of ether oxygens (including phenoxy) is 1. The van der Waals surface area contributed by atoms with Gasteiger partial charge in [0, 0.05) is 18.1 Å². The van der Waals surface area contributed by atoms with E-state index in [0.29, 0.717) is 23.7 Å². The van der Waals surface area contributed by atoms with Crippen LogP contribution in [-0.4, -0.2) is 51.4 Å². The largest absolute Gasteiger partial charge is 0.497 e. The van der Waals surface area contributed by atoms with Gasteiger partial charge in [0.2, 0.25) is 11.8 Å². The van der Waals surface area contributed by atoms with Crippen LogP contribution in [0.15, 0.2) is 77.7 Å². The fraction of sp³-hybridized carbons (Fsp3) is 0.310. The van der Waals surface area contributed by atoms with Gasteiger partial charge in [0.25, 0.3) is 10.0 Å². The molecule has 2 amide bonds. The lowest BCUT2D eigenvalue weighted by atomic mass is 10.1. The van der Waals surface area contributed by atoms with Gasteiger partial charge in [-0.05, 0) is 68.3 Å². The highest BCUT2D eigenvalue weighted by atomic mass is 35.5. The first-order chi connectivity index (χ1) is 18.6. The summed E-state index contributed by atoms with van der Waals surface area (Å²) in [6, 6.07) is 19.1. The summed E-state index contributed by atoms with van der Waals surface area (Å²) < 4.78 is 33.9. The summed E-state index contributed by atoms with van der Waals surface area (Å²) in [7, 11) is -2.71. The zero-order valence-electron chi connectivity index (χ0n) is 22.6. The van der Waals surface area contributed by atoms with Crippen molar-refractivity contribution < 1.29 is 22.7 Å². The summed E-state index contributed by atoms with van der Waals surface area (Å²) in [4.78, 5) is 28.4. The number of nitrogens with one attached hydrogen (secondary N) is 1. The second-order valence-electron chi connectivity index (χ2n) is 9.00. The van der Waals surface area contributed by atoms with Crippen molar-refractivity contribution in [3.05, 3.63) is 88.9 Å². The summed E-state index contributed by atoms with van der Waals surface area (Å²) in [6.07, 6.45) is 0.353. The molecule has 3 aromatic rings. The minimum absolute atomic E-state index is 0.0166. The number of halogens is 1. The van der Waals surface area contributed by atoms with Crippen LogP contribution in [0.5, 0.6) is 5.75 Å². The minimum atomic E-state index is -4.20. The number of carbonyl (C=O) groups is 2. The van der Waals surface area contributed by atoms with Crippen molar-refractivity contribution in [1.29, 1.82) is 0 Å². The number of hydrogen-bond acceptors (Lipinski definition) is 5. The Morgan fingerprint density at radius 2 is 1.69 bits per heavy atom. The van der Waals surface area contributed by atoms with Crippen LogP contribution in [0.3, 0.4) is 0 Å². The zero-order valence-corrected chi connectivity index (χ0v) is 24.1. The molecule has 208 valence electrons. The molecule has 0 aliphatic carbocycles. The molecule has 3 rings (SSSR count). The normalized spacial score (nSPS) is 11.9. The van der Waals surface area contributed by atoms with Gasteiger partial charge in [-0.25, -0.2) is 8.42 Å². The molecule has 0 saturated carbocycles. The molecular weight excluding hydrogens is 538 g/mol. The van der Waals surface area contributed by atoms with E-state index in [4.69, 9.17) is 16.3 Å². The Bertz CT molecular complexity index is 1400. The Balaban J connectivity index is 2.06. The van der Waals surface area contributed by atoms with E-state index in [2.05, 4.69) is 5.32 Å². The molecule has 0 aliphatic heterocycles. The standard InChI is InChI=1S/C29H34ClN3O5S/c1-5-27(29(35)31-6-2)32(19-22-10-7-9-21(3)17-22)28(34)20-33(24-12-8-11-23(30)18-24)39(36,37)26-15-13-25(38-4)14-16-26/h7-18,27H,5-6,19-20H2,1-4H3,(H,31,35)/t27-/m1/s1. The first-order valence-electron chi connectivity index (χ1n) is 12.7. The number of benzene rings is 3. The van der Waals surface area contributed by atoms with Crippen LogP contribution in [0, 0.1) is 6.92 Å². The van der Waals surface area contributed by atoms with Crippen LogP contribution in [0.2, 0.25) is 5.02 Å². The van der Waals surface area contributed by atoms with Gasteiger partial charge in [-0.15, -0.1) is 0 Å². The number of carbonyl (C=O) groups excluding carboxylic acids is 2. The third-order valence-electron chi connectivity index (χ3n) is 6.19. The third-order valence-corrected chi connectivity index (χ3v) is 8.22. The Morgan fingerprint density at radius 1 is 1.00 bits per heavy atom. The average molecular weight is 572 g/mol. The average Bonchev–Trinajstić information content (AvgIpc) is 2.91. The predicted octanol–water partition coefficient (Wildman–Crippen LogP) is 4.80. The number of likely N-dealkylation sites (N-methyl/N-ethyl adjacent to an activating group) is 1. The molecule has 0 unspecified atom stereocenters. The minimum Gasteiger partial charge on any atom is -0.497 e. The van der Waals surface area contributed by atoms with Crippen LogP contribution < -0.4 is 14.4 Å². The molecule has 8 nitrogen and oxygen atoms in total. The number of nitrogens with zero attached hydrogens (tertiary/aromatic N) is 2. The summed E-state index contributed by atoms with van der Waals surface area (Å²) in [5.74, 6) is -0.323. The van der Waals surface area contributed by atoms with E-state index < -0.39 is 28.5 Å². The summed E-state index contributed by atoms with van der Waals surface area (Å²) in [5, 5.41) is 3.11. The molecule has 1 atom stereocenters. The lowest BCUT2D eigenvalue weighted by molar-refractivity contribution is -0.140. The maximum atomic E-state index is 14.0. The van der Waals surface area contributed by atoms with Crippen LogP contribution in [0.4, 0.5) is 5.69 Å². The smallest absolute Gasteiger partial charge is 0.264 e. The maximum Gasteiger partial charge on any atom is 0.264 e. The van der Waals surface area contributed by atoms with Gasteiger partial charge >= 0.3 is 0 Å². The number of anilines is 1. The second kappa shape index (κ2) is 13.5. The van der Waals surface area contributed by atoms with Crippen molar-refractivity contribution in [3.8, 4) is 5.75 Å². The number of methoxy groups -OCH3 is 1. The molecular formula is C29H34ClN3O5S. The molecule has 0 heterocycles. The molecule has 0 radical (unpaired) electrons.